The summed E-state index contributed by atoms with van der Waals surface area (Å²) in [5, 5.41) is 3.49. The van der Waals surface area contributed by atoms with Gasteiger partial charge in [0.05, 0.1) is 0 Å². The van der Waals surface area contributed by atoms with Gasteiger partial charge in [-0.1, -0.05) is 18.2 Å². The van der Waals surface area contributed by atoms with Crippen LogP contribution in [-0.4, -0.2) is 12.2 Å². The van der Waals surface area contributed by atoms with E-state index in [1.165, 1.54) is 18.3 Å². The molecule has 0 radical (unpaired) electrons. The molecule has 0 heterocycles. The minimum absolute atomic E-state index is 0.281. The fourth-order valence-electron chi connectivity index (χ4n) is 0.872. The summed E-state index contributed by atoms with van der Waals surface area (Å²) in [4.78, 5) is 10.2. The molecule has 0 saturated heterocycles. The summed E-state index contributed by atoms with van der Waals surface area (Å²) in [6, 6.07) is 5.25. The fraction of sp³-hybridized carbons (Fsp3) is 0. The van der Waals surface area contributed by atoms with Crippen LogP contribution >= 0.6 is 0 Å². The molecule has 0 spiro atoms. The predicted octanol–water partition coefficient (Wildman–Crippen LogP) is 1.49. The third-order valence-corrected chi connectivity index (χ3v) is 1.49. The van der Waals surface area contributed by atoms with Gasteiger partial charge in [0.2, 0.25) is 0 Å². The van der Waals surface area contributed by atoms with E-state index in [9.17, 15) is 9.18 Å². The van der Waals surface area contributed by atoms with Crippen molar-refractivity contribution < 1.29 is 9.18 Å². The molecule has 0 aromatic heterocycles. The van der Waals surface area contributed by atoms with Gasteiger partial charge in [-0.25, -0.2) is 14.6 Å². The molecule has 1 aromatic rings. The molecule has 4 nitrogen and oxygen atoms in total. The smallest absolute Gasteiger partial charge is 0.332 e. The molecule has 0 atom stereocenters. The lowest BCUT2D eigenvalue weighted by Crippen LogP contribution is -2.24. The van der Waals surface area contributed by atoms with Gasteiger partial charge in [-0.15, -0.1) is 0 Å². The van der Waals surface area contributed by atoms with Crippen LogP contribution in [0.5, 0.6) is 0 Å². The van der Waals surface area contributed by atoms with Crippen molar-refractivity contribution in [3.8, 4) is 0 Å². The van der Waals surface area contributed by atoms with Gasteiger partial charge in [0.1, 0.15) is 5.82 Å². The number of rotatable bonds is 3. The van der Waals surface area contributed by atoms with E-state index in [4.69, 9.17) is 5.73 Å². The average molecular weight is 207 g/mol. The molecule has 1 rings (SSSR count). The highest BCUT2D eigenvalue weighted by Crippen LogP contribution is 2.03. The number of nitrogens with one attached hydrogen (secondary N) is 1. The summed E-state index contributed by atoms with van der Waals surface area (Å²) in [7, 11) is 0. The van der Waals surface area contributed by atoms with E-state index < -0.39 is 6.03 Å². The number of nitrogens with two attached hydrogens (primary N) is 1. The van der Waals surface area contributed by atoms with Crippen LogP contribution in [0.4, 0.5) is 9.18 Å². The molecule has 0 fully saturated rings. The highest BCUT2D eigenvalue weighted by Gasteiger charge is 1.87. The first-order valence-electron chi connectivity index (χ1n) is 4.19. The van der Waals surface area contributed by atoms with E-state index in [-0.39, 0.29) is 5.82 Å². The number of hydrogen-bond acceptors (Lipinski definition) is 2. The number of nitrogens with zero attached hydrogens (tertiary/aromatic N) is 1. The van der Waals surface area contributed by atoms with E-state index in [2.05, 4.69) is 5.10 Å². The first-order valence-corrected chi connectivity index (χ1v) is 4.19. The number of carbonyl (C=O) groups excluding carboxylic acids is 1. The van der Waals surface area contributed by atoms with Crippen molar-refractivity contribution in [2.45, 2.75) is 0 Å². The number of carbonyl (C=O) groups is 1. The van der Waals surface area contributed by atoms with Crippen molar-refractivity contribution in [3.63, 3.8) is 0 Å². The van der Waals surface area contributed by atoms with Gasteiger partial charge in [0.15, 0.2) is 0 Å². The summed E-state index contributed by atoms with van der Waals surface area (Å²) in [5.41, 5.74) is 7.65. The molecule has 0 unspecified atom stereocenters. The van der Waals surface area contributed by atoms with Gasteiger partial charge in [0.25, 0.3) is 0 Å². The number of urea groups is 1. The average Bonchev–Trinajstić information content (AvgIpc) is 2.20. The number of primary amides is 1. The Hall–Kier alpha value is -2.17. The monoisotopic (exact) mass is 207 g/mol. The van der Waals surface area contributed by atoms with Crippen molar-refractivity contribution in [2.75, 3.05) is 0 Å². The maximum Gasteiger partial charge on any atom is 0.332 e. The third-order valence-electron chi connectivity index (χ3n) is 1.49. The highest BCUT2D eigenvalue weighted by atomic mass is 19.1. The lowest BCUT2D eigenvalue weighted by Gasteiger charge is -1.91. The molecule has 0 aliphatic rings. The van der Waals surface area contributed by atoms with Crippen LogP contribution in [0.25, 0.3) is 6.08 Å². The second-order valence-electron chi connectivity index (χ2n) is 2.66. The first-order chi connectivity index (χ1) is 7.18. The minimum atomic E-state index is -0.721. The molecule has 1 aromatic carbocycles. The van der Waals surface area contributed by atoms with Crippen LogP contribution in [-0.2, 0) is 0 Å². The van der Waals surface area contributed by atoms with Crippen LogP contribution in [0.1, 0.15) is 5.56 Å². The van der Waals surface area contributed by atoms with E-state index in [1.807, 2.05) is 5.43 Å². The second-order valence-corrected chi connectivity index (χ2v) is 2.66. The van der Waals surface area contributed by atoms with Crippen LogP contribution in [0, 0.1) is 5.82 Å². The van der Waals surface area contributed by atoms with E-state index in [0.717, 1.165) is 5.56 Å². The number of allylic oxidation sites excluding steroid dienone is 1. The van der Waals surface area contributed by atoms with Gasteiger partial charge in [0, 0.05) is 6.21 Å². The van der Waals surface area contributed by atoms with Crippen molar-refractivity contribution in [2.24, 2.45) is 10.8 Å². The number of amides is 2. The zero-order valence-electron chi connectivity index (χ0n) is 7.85. The molecule has 0 saturated carbocycles. The number of hydrazone groups is 1. The first kappa shape index (κ1) is 10.9. The minimum Gasteiger partial charge on any atom is -0.350 e. The van der Waals surface area contributed by atoms with Gasteiger partial charge in [-0.3, -0.25) is 0 Å². The molecule has 2 amide bonds. The molecule has 0 bridgehead atoms. The molecular weight excluding hydrogens is 197 g/mol. The van der Waals surface area contributed by atoms with Gasteiger partial charge in [-0.05, 0) is 23.8 Å². The van der Waals surface area contributed by atoms with Crippen LogP contribution in [0.15, 0.2) is 35.4 Å². The summed E-state index contributed by atoms with van der Waals surface area (Å²) >= 11 is 0. The van der Waals surface area contributed by atoms with Crippen LogP contribution < -0.4 is 11.2 Å². The van der Waals surface area contributed by atoms with E-state index in [0.29, 0.717) is 0 Å². The molecule has 5 heteroatoms. The molecule has 0 aliphatic carbocycles. The van der Waals surface area contributed by atoms with E-state index in [1.54, 1.807) is 24.3 Å². The van der Waals surface area contributed by atoms with Gasteiger partial charge < -0.3 is 5.73 Å². The lowest BCUT2D eigenvalue weighted by atomic mass is 10.2. The lowest BCUT2D eigenvalue weighted by molar-refractivity contribution is 0.249. The Kier molecular flexibility index (Phi) is 4.03. The Balaban J connectivity index is 2.47. The molecule has 3 N–H and O–H groups in total. The molecule has 15 heavy (non-hydrogen) atoms. The quantitative estimate of drug-likeness (QED) is 0.572. The summed E-state index contributed by atoms with van der Waals surface area (Å²) in [5.74, 6) is -0.281. The Morgan fingerprint density at radius 3 is 2.67 bits per heavy atom. The number of benzene rings is 1. The van der Waals surface area contributed by atoms with Crippen LogP contribution in [0.3, 0.4) is 0 Å². The van der Waals surface area contributed by atoms with Crippen molar-refractivity contribution in [1.82, 2.24) is 5.43 Å². The maximum atomic E-state index is 12.5. The zero-order chi connectivity index (χ0) is 11.1. The summed E-state index contributed by atoms with van der Waals surface area (Å²) < 4.78 is 12.5. The third kappa shape index (κ3) is 4.56. The Bertz CT molecular complexity index is 384. The summed E-state index contributed by atoms with van der Waals surface area (Å²) in [6.45, 7) is 0. The maximum absolute atomic E-state index is 12.5. The highest BCUT2D eigenvalue weighted by molar-refractivity contribution is 5.80. The van der Waals surface area contributed by atoms with Crippen molar-refractivity contribution >= 4 is 18.3 Å². The Labute approximate surface area is 86.3 Å². The zero-order valence-corrected chi connectivity index (χ0v) is 7.85. The predicted molar refractivity (Wildman–Crippen MR) is 56.6 cm³/mol. The molecule has 0 aliphatic heterocycles. The normalized spacial score (nSPS) is 11.0. The number of hydrogen-bond donors (Lipinski definition) is 2. The second kappa shape index (κ2) is 5.54. The topological polar surface area (TPSA) is 67.5 Å². The van der Waals surface area contributed by atoms with Gasteiger partial charge in [-0.2, -0.15) is 5.10 Å². The molecular formula is C10H10FN3O. The van der Waals surface area contributed by atoms with Crippen molar-refractivity contribution in [3.05, 3.63) is 41.7 Å². The molecule has 78 valence electrons. The summed E-state index contributed by atoms with van der Waals surface area (Å²) in [6.07, 6.45) is 4.68. The van der Waals surface area contributed by atoms with Gasteiger partial charge >= 0.3 is 6.03 Å². The fourth-order valence-corrected chi connectivity index (χ4v) is 0.872. The SMILES string of the molecule is NC(=O)N/N=C\C=C\c1ccc(F)cc1. The number of halogens is 1. The Morgan fingerprint density at radius 1 is 1.40 bits per heavy atom. The standard InChI is InChI=1S/C10H10FN3O/c11-9-5-3-8(4-6-9)2-1-7-13-14-10(12)15/h1-7H,(H3,12,14,15)/b2-1+,13-7-. The van der Waals surface area contributed by atoms with Crippen molar-refractivity contribution in [1.29, 1.82) is 0 Å². The Morgan fingerprint density at radius 2 is 2.07 bits per heavy atom. The largest absolute Gasteiger partial charge is 0.350 e. The van der Waals surface area contributed by atoms with Crippen LogP contribution in [0.2, 0.25) is 0 Å². The van der Waals surface area contributed by atoms with E-state index >= 15 is 0 Å².